The number of carbonyl (C=O) groups excluding carboxylic acids is 3. The largest absolute Gasteiger partial charge is 0.481 e. The van der Waals surface area contributed by atoms with Crippen molar-refractivity contribution in [3.05, 3.63) is 89.5 Å². The van der Waals surface area contributed by atoms with Gasteiger partial charge in [-0.25, -0.2) is 4.98 Å². The summed E-state index contributed by atoms with van der Waals surface area (Å²) in [6, 6.07) is 18.5. The second-order valence-electron chi connectivity index (χ2n) is 8.47. The Morgan fingerprint density at radius 1 is 0.972 bits per heavy atom. The topological polar surface area (TPSA) is 132 Å². The highest BCUT2D eigenvalue weighted by Crippen LogP contribution is 2.10. The first-order valence-corrected chi connectivity index (χ1v) is 11.8. The number of aryl methyl sites for hydroxylation is 2. The lowest BCUT2D eigenvalue weighted by Crippen LogP contribution is -2.46. The van der Waals surface area contributed by atoms with Gasteiger partial charge in [-0.15, -0.1) is 0 Å². The number of aromatic nitrogens is 2. The molecule has 0 aliphatic carbocycles. The van der Waals surface area contributed by atoms with Gasteiger partial charge in [-0.3, -0.25) is 14.4 Å². The van der Waals surface area contributed by atoms with Crippen molar-refractivity contribution in [3.63, 3.8) is 0 Å². The Hall–Kier alpha value is -4.27. The van der Waals surface area contributed by atoms with Gasteiger partial charge in [-0.05, 0) is 36.8 Å². The molecule has 9 heteroatoms. The van der Waals surface area contributed by atoms with Crippen LogP contribution in [0.2, 0.25) is 0 Å². The van der Waals surface area contributed by atoms with E-state index >= 15 is 0 Å². The molecule has 0 spiro atoms. The number of amides is 2. The molecule has 188 valence electrons. The van der Waals surface area contributed by atoms with Crippen molar-refractivity contribution in [3.8, 4) is 0 Å². The number of H-pyrrole nitrogens is 1. The predicted molar refractivity (Wildman–Crippen MR) is 133 cm³/mol. The first-order valence-electron chi connectivity index (χ1n) is 11.8. The maximum Gasteiger partial charge on any atom is 0.305 e. The van der Waals surface area contributed by atoms with Crippen molar-refractivity contribution in [1.29, 1.82) is 0 Å². The van der Waals surface area contributed by atoms with Crippen LogP contribution < -0.4 is 5.32 Å². The lowest BCUT2D eigenvalue weighted by atomic mass is 10.1. The number of carboxylic acid groups (broad SMARTS) is 1. The van der Waals surface area contributed by atoms with Crippen LogP contribution in [0.3, 0.4) is 0 Å². The summed E-state index contributed by atoms with van der Waals surface area (Å²) in [5, 5.41) is 11.3. The molecule has 0 aliphatic heterocycles. The van der Waals surface area contributed by atoms with Crippen LogP contribution in [0.4, 0.5) is 0 Å². The van der Waals surface area contributed by atoms with Crippen molar-refractivity contribution in [2.75, 3.05) is 13.1 Å². The smallest absolute Gasteiger partial charge is 0.305 e. The summed E-state index contributed by atoms with van der Waals surface area (Å²) in [6.45, 7) is -0.0926. The fourth-order valence-electron chi connectivity index (χ4n) is 3.78. The Bertz CT molecular complexity index is 1150. The molecule has 0 saturated carbocycles. The Morgan fingerprint density at radius 2 is 1.61 bits per heavy atom. The van der Waals surface area contributed by atoms with Crippen molar-refractivity contribution in [2.45, 2.75) is 38.1 Å². The van der Waals surface area contributed by atoms with E-state index in [-0.39, 0.29) is 18.9 Å². The Kier molecular flexibility index (Phi) is 9.93. The molecule has 3 N–H and O–H groups in total. The summed E-state index contributed by atoms with van der Waals surface area (Å²) >= 11 is 0. The van der Waals surface area contributed by atoms with Gasteiger partial charge in [0.25, 0.3) is 5.91 Å². The van der Waals surface area contributed by atoms with Crippen LogP contribution in [0.1, 0.15) is 40.3 Å². The maximum absolute atomic E-state index is 13.2. The van der Waals surface area contributed by atoms with Gasteiger partial charge in [-0.1, -0.05) is 60.7 Å². The molecule has 0 aliphatic rings. The summed E-state index contributed by atoms with van der Waals surface area (Å²) in [5.74, 6) is -2.15. The average molecular weight is 491 g/mol. The Balaban J connectivity index is 1.64. The first-order chi connectivity index (χ1) is 17.4. The fourth-order valence-corrected chi connectivity index (χ4v) is 3.78. The summed E-state index contributed by atoms with van der Waals surface area (Å²) < 4.78 is 0. The SMILES string of the molecule is O=CC(CC(=O)O)NC(=O)CN(CCc1ccccc1)C(=O)c1ncc(CCCc2ccccc2)[nH]1. The number of imidazole rings is 1. The third-order valence-electron chi connectivity index (χ3n) is 5.63. The van der Waals surface area contributed by atoms with Crippen LogP contribution in [0.15, 0.2) is 66.9 Å². The summed E-state index contributed by atoms with van der Waals surface area (Å²) in [6.07, 6.45) is 4.49. The monoisotopic (exact) mass is 490 g/mol. The highest BCUT2D eigenvalue weighted by Gasteiger charge is 2.23. The first kappa shape index (κ1) is 26.3. The number of nitrogens with zero attached hydrogens (tertiary/aromatic N) is 2. The minimum absolute atomic E-state index is 0.128. The van der Waals surface area contributed by atoms with Crippen LogP contribution in [0.5, 0.6) is 0 Å². The molecule has 9 nitrogen and oxygen atoms in total. The van der Waals surface area contributed by atoms with Crippen molar-refractivity contribution in [1.82, 2.24) is 20.2 Å². The van der Waals surface area contributed by atoms with E-state index < -0.39 is 30.2 Å². The fraction of sp³-hybridized carbons (Fsp3) is 0.296. The number of nitrogens with one attached hydrogen (secondary N) is 2. The van der Waals surface area contributed by atoms with Crippen LogP contribution in [-0.4, -0.2) is 63.2 Å². The third kappa shape index (κ3) is 8.50. The van der Waals surface area contributed by atoms with Crippen LogP contribution in [-0.2, 0) is 33.6 Å². The van der Waals surface area contributed by atoms with Crippen molar-refractivity contribution < 1.29 is 24.3 Å². The summed E-state index contributed by atoms with van der Waals surface area (Å²) in [4.78, 5) is 56.4. The van der Waals surface area contributed by atoms with Gasteiger partial charge < -0.3 is 25.1 Å². The second kappa shape index (κ2) is 13.6. The molecule has 1 aromatic heterocycles. The number of aldehydes is 1. The van der Waals surface area contributed by atoms with E-state index in [0.29, 0.717) is 12.7 Å². The van der Waals surface area contributed by atoms with Gasteiger partial charge in [0.05, 0.1) is 19.0 Å². The van der Waals surface area contributed by atoms with Gasteiger partial charge in [0.15, 0.2) is 5.82 Å². The molecule has 1 atom stereocenters. The predicted octanol–water partition coefficient (Wildman–Crippen LogP) is 2.43. The minimum atomic E-state index is -1.21. The lowest BCUT2D eigenvalue weighted by molar-refractivity contribution is -0.138. The third-order valence-corrected chi connectivity index (χ3v) is 5.63. The van der Waals surface area contributed by atoms with Gasteiger partial charge in [0.1, 0.15) is 6.29 Å². The summed E-state index contributed by atoms with van der Waals surface area (Å²) in [5.41, 5.74) is 3.06. The molecule has 3 rings (SSSR count). The number of carboxylic acids is 1. The van der Waals surface area contributed by atoms with Crippen LogP contribution in [0.25, 0.3) is 0 Å². The van der Waals surface area contributed by atoms with Gasteiger partial charge >= 0.3 is 5.97 Å². The van der Waals surface area contributed by atoms with E-state index in [2.05, 4.69) is 27.4 Å². The normalized spacial score (nSPS) is 11.4. The van der Waals surface area contributed by atoms with Crippen LogP contribution in [0, 0.1) is 0 Å². The molecule has 1 unspecified atom stereocenters. The Morgan fingerprint density at radius 3 is 2.22 bits per heavy atom. The number of hydrogen-bond donors (Lipinski definition) is 3. The molecule has 3 aromatic rings. The highest BCUT2D eigenvalue weighted by molar-refractivity contribution is 5.94. The van der Waals surface area contributed by atoms with E-state index in [9.17, 15) is 19.2 Å². The van der Waals surface area contributed by atoms with Crippen LogP contribution >= 0.6 is 0 Å². The quantitative estimate of drug-likeness (QED) is 0.297. The van der Waals surface area contributed by atoms with E-state index in [1.165, 1.54) is 10.5 Å². The molecule has 0 bridgehead atoms. The molecular weight excluding hydrogens is 460 g/mol. The zero-order valence-corrected chi connectivity index (χ0v) is 19.9. The zero-order valence-electron chi connectivity index (χ0n) is 19.9. The molecule has 0 radical (unpaired) electrons. The Labute approximate surface area is 209 Å². The number of hydrogen-bond acceptors (Lipinski definition) is 5. The number of aliphatic carboxylic acids is 1. The zero-order chi connectivity index (χ0) is 25.8. The number of aromatic amines is 1. The number of benzene rings is 2. The van der Waals surface area contributed by atoms with Crippen molar-refractivity contribution >= 4 is 24.1 Å². The van der Waals surface area contributed by atoms with E-state index in [0.717, 1.165) is 30.5 Å². The average Bonchev–Trinajstić information content (AvgIpc) is 3.35. The molecule has 0 saturated heterocycles. The molecule has 0 fully saturated rings. The molecule has 1 heterocycles. The van der Waals surface area contributed by atoms with Gasteiger partial charge in [0.2, 0.25) is 5.91 Å². The van der Waals surface area contributed by atoms with E-state index in [1.54, 1.807) is 6.20 Å². The van der Waals surface area contributed by atoms with E-state index in [1.807, 2.05) is 48.5 Å². The van der Waals surface area contributed by atoms with E-state index in [4.69, 9.17) is 5.11 Å². The van der Waals surface area contributed by atoms with Gasteiger partial charge in [-0.2, -0.15) is 0 Å². The standard InChI is InChI=1S/C27H30N4O5/c32-19-23(16-25(34)35)29-24(33)18-31(15-14-21-10-5-2-6-11-21)27(36)26-28-17-22(30-26)13-7-12-20-8-3-1-4-9-20/h1-6,8-11,17,19,23H,7,12-16,18H2,(H,28,30)(H,29,33)(H,34,35). The lowest BCUT2D eigenvalue weighted by Gasteiger charge is -2.22. The number of rotatable bonds is 14. The summed E-state index contributed by atoms with van der Waals surface area (Å²) in [7, 11) is 0. The minimum Gasteiger partial charge on any atom is -0.481 e. The van der Waals surface area contributed by atoms with Crippen molar-refractivity contribution in [2.24, 2.45) is 0 Å². The maximum atomic E-state index is 13.2. The molecule has 2 amide bonds. The van der Waals surface area contributed by atoms with Gasteiger partial charge in [0, 0.05) is 18.4 Å². The number of carbonyl (C=O) groups is 4. The molecule has 36 heavy (non-hydrogen) atoms. The molecular formula is C27H30N4O5. The highest BCUT2D eigenvalue weighted by atomic mass is 16.4. The second-order valence-corrected chi connectivity index (χ2v) is 8.47. The molecule has 2 aromatic carbocycles.